The van der Waals surface area contributed by atoms with Crippen molar-refractivity contribution in [1.82, 2.24) is 9.88 Å². The van der Waals surface area contributed by atoms with Gasteiger partial charge in [-0.3, -0.25) is 0 Å². The number of anilines is 1. The number of methoxy groups -OCH3 is 2. The third-order valence-electron chi connectivity index (χ3n) is 7.22. The van der Waals surface area contributed by atoms with E-state index in [0.717, 1.165) is 15.6 Å². The van der Waals surface area contributed by atoms with E-state index in [4.69, 9.17) is 25.8 Å². The van der Waals surface area contributed by atoms with E-state index in [2.05, 4.69) is 4.98 Å². The fourth-order valence-electron chi connectivity index (χ4n) is 5.59. The summed E-state index contributed by atoms with van der Waals surface area (Å²) in [6, 6.07) is 4.71. The minimum Gasteiger partial charge on any atom is -0.497 e. The molecule has 3 aromatic rings. The van der Waals surface area contributed by atoms with Crippen molar-refractivity contribution < 1.29 is 41.3 Å². The van der Waals surface area contributed by atoms with E-state index in [1.807, 2.05) is 20.8 Å². The molecular weight excluding hydrogens is 628 g/mol. The molecule has 1 N–H and O–H groups in total. The van der Waals surface area contributed by atoms with E-state index >= 15 is 8.78 Å². The molecule has 0 bridgehead atoms. The smallest absolute Gasteiger partial charge is 0.407 e. The summed E-state index contributed by atoms with van der Waals surface area (Å²) < 4.78 is 77.0. The first kappa shape index (κ1) is 32.6. The van der Waals surface area contributed by atoms with Crippen LogP contribution in [0, 0.1) is 17.0 Å². The van der Waals surface area contributed by atoms with Gasteiger partial charge < -0.3 is 24.2 Å². The third kappa shape index (κ3) is 6.18. The summed E-state index contributed by atoms with van der Waals surface area (Å²) in [5, 5.41) is 10.5. The van der Waals surface area contributed by atoms with Gasteiger partial charge in [0.25, 0.3) is 10.0 Å². The molecule has 1 amide bonds. The van der Waals surface area contributed by atoms with Crippen LogP contribution in [0.1, 0.15) is 39.7 Å². The second-order valence-electron chi connectivity index (χ2n) is 11.2. The monoisotopic (exact) mass is 659 g/mol. The number of thiazole rings is 1. The molecule has 10 nitrogen and oxygen atoms in total. The molecule has 43 heavy (non-hydrogen) atoms. The fraction of sp³-hybridized carbons (Fsp3) is 0.429. The van der Waals surface area contributed by atoms with Gasteiger partial charge in [-0.05, 0) is 24.5 Å². The zero-order chi connectivity index (χ0) is 31.9. The number of halogens is 3. The maximum absolute atomic E-state index is 15.9. The first-order chi connectivity index (χ1) is 20.0. The molecule has 0 saturated carbocycles. The molecular formula is C28H32ClF2N3O7S2. The summed E-state index contributed by atoms with van der Waals surface area (Å²) in [5.41, 5.74) is -1.47. The van der Waals surface area contributed by atoms with Gasteiger partial charge in [0, 0.05) is 42.2 Å². The maximum Gasteiger partial charge on any atom is 0.407 e. The second kappa shape index (κ2) is 12.0. The van der Waals surface area contributed by atoms with E-state index in [-0.39, 0.29) is 30.4 Å². The summed E-state index contributed by atoms with van der Waals surface area (Å²) in [6.45, 7) is 6.85. The molecule has 1 aliphatic rings. The number of nitrogens with zero attached hydrogens (tertiary/aromatic N) is 3. The summed E-state index contributed by atoms with van der Waals surface area (Å²) in [6.07, 6.45) is 0.411. The van der Waals surface area contributed by atoms with Crippen LogP contribution in [-0.4, -0.2) is 61.9 Å². The Hall–Kier alpha value is -3.36. The molecule has 1 saturated heterocycles. The molecule has 2 unspecified atom stereocenters. The Balaban J connectivity index is 1.77. The van der Waals surface area contributed by atoms with Crippen LogP contribution in [0.4, 0.5) is 18.7 Å². The quantitative estimate of drug-likeness (QED) is 0.261. The van der Waals surface area contributed by atoms with Crippen LogP contribution < -0.4 is 18.5 Å². The molecule has 1 aromatic heterocycles. The van der Waals surface area contributed by atoms with Crippen LogP contribution in [0.25, 0.3) is 0 Å². The Labute approximate surface area is 257 Å². The summed E-state index contributed by atoms with van der Waals surface area (Å²) in [4.78, 5) is 15.9. The Morgan fingerprint density at radius 1 is 1.23 bits per heavy atom. The van der Waals surface area contributed by atoms with Crippen LogP contribution >= 0.6 is 22.9 Å². The lowest BCUT2D eigenvalue weighted by atomic mass is 9.77. The van der Waals surface area contributed by atoms with Crippen LogP contribution in [0.3, 0.4) is 0 Å². The number of hydrogen-bond acceptors (Lipinski definition) is 8. The van der Waals surface area contributed by atoms with Gasteiger partial charge in [-0.2, -0.15) is 0 Å². The lowest BCUT2D eigenvalue weighted by Crippen LogP contribution is -2.55. The van der Waals surface area contributed by atoms with Gasteiger partial charge in [0.2, 0.25) is 0 Å². The van der Waals surface area contributed by atoms with Crippen molar-refractivity contribution in [3.05, 3.63) is 58.1 Å². The average Bonchev–Trinajstić information content (AvgIpc) is 3.58. The third-order valence-corrected chi connectivity index (χ3v) is 10.3. The molecule has 15 heteroatoms. The summed E-state index contributed by atoms with van der Waals surface area (Å²) in [5.74, 6) is -2.70. The number of carboxylic acid groups (broad SMARTS) is 1. The van der Waals surface area contributed by atoms with Gasteiger partial charge in [0.05, 0.1) is 26.8 Å². The average molecular weight is 660 g/mol. The van der Waals surface area contributed by atoms with Crippen LogP contribution in [0.2, 0.25) is 5.02 Å². The van der Waals surface area contributed by atoms with Crippen molar-refractivity contribution in [2.24, 2.45) is 5.41 Å². The van der Waals surface area contributed by atoms with Gasteiger partial charge in [0.15, 0.2) is 21.7 Å². The van der Waals surface area contributed by atoms with Gasteiger partial charge >= 0.3 is 6.09 Å². The molecule has 1 aliphatic heterocycles. The SMILES string of the molecule is COc1ccc(CN(c2nccs2)S(=O)(=O)c2c(F)cc(OC3(C)CCN(C(=O)O)C3C(C)(C)C)c(Cl)c2F)c(OC)c1. The van der Waals surface area contributed by atoms with Crippen LogP contribution in [0.15, 0.2) is 40.7 Å². The highest BCUT2D eigenvalue weighted by atomic mass is 35.5. The largest absolute Gasteiger partial charge is 0.497 e. The van der Waals surface area contributed by atoms with E-state index in [0.29, 0.717) is 17.4 Å². The van der Waals surface area contributed by atoms with Gasteiger partial charge in [-0.1, -0.05) is 32.4 Å². The van der Waals surface area contributed by atoms with E-state index in [1.165, 1.54) is 30.7 Å². The minimum atomic E-state index is -4.94. The minimum absolute atomic E-state index is 0.0478. The Bertz CT molecular complexity index is 1620. The van der Waals surface area contributed by atoms with Gasteiger partial charge in [-0.15, -0.1) is 11.3 Å². The van der Waals surface area contributed by atoms with Crippen molar-refractivity contribution in [2.45, 2.75) is 57.2 Å². The molecule has 2 heterocycles. The number of amides is 1. The molecule has 4 rings (SSSR count). The lowest BCUT2D eigenvalue weighted by Gasteiger charge is -2.42. The van der Waals surface area contributed by atoms with Crippen molar-refractivity contribution >= 4 is 44.2 Å². The van der Waals surface area contributed by atoms with E-state index in [1.54, 1.807) is 25.1 Å². The second-order valence-corrected chi connectivity index (χ2v) is 14.3. The van der Waals surface area contributed by atoms with Crippen molar-refractivity contribution in [1.29, 1.82) is 0 Å². The fourth-order valence-corrected chi connectivity index (χ4v) is 8.23. The zero-order valence-electron chi connectivity index (χ0n) is 24.4. The number of likely N-dealkylation sites (tertiary alicyclic amines) is 1. The van der Waals surface area contributed by atoms with Crippen molar-refractivity contribution in [3.63, 3.8) is 0 Å². The number of rotatable bonds is 9. The number of aromatic nitrogens is 1. The standard InChI is InChI=1S/C28H32ClF2N3O7S2/c1-27(2,3)24-28(4,9-11-33(24)26(35)36)41-20-14-18(30)23(22(31)21(20)29)43(37,38)34(25-32-10-12-42-25)15-16-7-8-17(39-5)13-19(16)40-6/h7-8,10,12-14,24H,9,11,15H2,1-6H3,(H,35,36). The first-order valence-corrected chi connectivity index (χ1v) is 15.7. The number of ether oxygens (including phenoxy) is 3. The molecule has 0 spiro atoms. The molecule has 0 aliphatic carbocycles. The zero-order valence-corrected chi connectivity index (χ0v) is 26.7. The topological polar surface area (TPSA) is 118 Å². The number of hydrogen-bond donors (Lipinski definition) is 1. The van der Waals surface area contributed by atoms with Crippen molar-refractivity contribution in [2.75, 3.05) is 25.1 Å². The maximum atomic E-state index is 15.9. The number of carbonyl (C=O) groups is 1. The predicted octanol–water partition coefficient (Wildman–Crippen LogP) is 6.42. The molecule has 2 atom stereocenters. The summed E-state index contributed by atoms with van der Waals surface area (Å²) in [7, 11) is -2.09. The number of sulfonamides is 1. The Kier molecular flexibility index (Phi) is 9.06. The molecule has 1 fully saturated rings. The van der Waals surface area contributed by atoms with Crippen LogP contribution in [0.5, 0.6) is 17.2 Å². The highest BCUT2D eigenvalue weighted by Gasteiger charge is 2.54. The predicted molar refractivity (Wildman–Crippen MR) is 158 cm³/mol. The van der Waals surface area contributed by atoms with E-state index < -0.39 is 60.5 Å². The van der Waals surface area contributed by atoms with Crippen LogP contribution in [-0.2, 0) is 16.6 Å². The Morgan fingerprint density at radius 3 is 2.49 bits per heavy atom. The van der Waals surface area contributed by atoms with Gasteiger partial charge in [0.1, 0.15) is 27.9 Å². The highest BCUT2D eigenvalue weighted by Crippen LogP contribution is 2.45. The first-order valence-electron chi connectivity index (χ1n) is 13.0. The van der Waals surface area contributed by atoms with Gasteiger partial charge in [-0.25, -0.2) is 31.3 Å². The summed E-state index contributed by atoms with van der Waals surface area (Å²) >= 11 is 7.27. The molecule has 2 aromatic carbocycles. The van der Waals surface area contributed by atoms with E-state index in [9.17, 15) is 18.3 Å². The highest BCUT2D eigenvalue weighted by molar-refractivity contribution is 7.93. The van der Waals surface area contributed by atoms with Crippen molar-refractivity contribution in [3.8, 4) is 17.2 Å². The molecule has 0 radical (unpaired) electrons. The molecule has 234 valence electrons. The number of benzene rings is 2. The normalized spacial score (nSPS) is 18.9. The Morgan fingerprint density at radius 2 is 1.93 bits per heavy atom. The lowest BCUT2D eigenvalue weighted by molar-refractivity contribution is -0.00472.